The minimum Gasteiger partial charge on any atom is -0.508 e. The van der Waals surface area contributed by atoms with Crippen LogP contribution in [0.4, 0.5) is 6.01 Å². The average molecular weight is 261 g/mol. The summed E-state index contributed by atoms with van der Waals surface area (Å²) in [5.74, 6) is 0.986. The highest BCUT2D eigenvalue weighted by atomic mass is 16.4. The number of benzene rings is 1. The lowest BCUT2D eigenvalue weighted by molar-refractivity contribution is 0.475. The van der Waals surface area contributed by atoms with Gasteiger partial charge in [-0.15, -0.1) is 5.10 Å². The van der Waals surface area contributed by atoms with Crippen LogP contribution in [0, 0.1) is 0 Å². The van der Waals surface area contributed by atoms with E-state index >= 15 is 0 Å². The highest BCUT2D eigenvalue weighted by Crippen LogP contribution is 2.11. The molecule has 19 heavy (non-hydrogen) atoms. The second kappa shape index (κ2) is 6.78. The molecule has 5 nitrogen and oxygen atoms in total. The lowest BCUT2D eigenvalue weighted by Gasteiger charge is -2.02. The quantitative estimate of drug-likeness (QED) is 0.750. The van der Waals surface area contributed by atoms with Gasteiger partial charge in [-0.25, -0.2) is 0 Å². The summed E-state index contributed by atoms with van der Waals surface area (Å²) in [5.41, 5.74) is 1.21. The van der Waals surface area contributed by atoms with Gasteiger partial charge in [-0.3, -0.25) is 0 Å². The van der Waals surface area contributed by atoms with Crippen LogP contribution >= 0.6 is 0 Å². The van der Waals surface area contributed by atoms with E-state index in [1.807, 2.05) is 12.1 Å². The lowest BCUT2D eigenvalue weighted by atomic mass is 10.1. The van der Waals surface area contributed by atoms with Crippen LogP contribution in [-0.4, -0.2) is 21.8 Å². The van der Waals surface area contributed by atoms with Crippen molar-refractivity contribution in [2.45, 2.75) is 32.6 Å². The number of hydrogen-bond acceptors (Lipinski definition) is 5. The normalized spacial score (nSPS) is 10.6. The summed E-state index contributed by atoms with van der Waals surface area (Å²) in [4.78, 5) is 0. The fourth-order valence-electron chi connectivity index (χ4n) is 1.79. The zero-order chi connectivity index (χ0) is 13.5. The molecule has 1 heterocycles. The van der Waals surface area contributed by atoms with Crippen LogP contribution in [0.1, 0.15) is 31.2 Å². The predicted octanol–water partition coefficient (Wildman–Crippen LogP) is 2.77. The van der Waals surface area contributed by atoms with Crippen molar-refractivity contribution in [1.82, 2.24) is 10.2 Å². The maximum Gasteiger partial charge on any atom is 0.315 e. The van der Waals surface area contributed by atoms with Crippen LogP contribution in [0.5, 0.6) is 5.75 Å². The number of aromatic nitrogens is 2. The number of phenols is 1. The smallest absolute Gasteiger partial charge is 0.315 e. The molecule has 5 heteroatoms. The number of nitrogens with one attached hydrogen (secondary N) is 1. The largest absolute Gasteiger partial charge is 0.508 e. The van der Waals surface area contributed by atoms with Gasteiger partial charge in [-0.1, -0.05) is 24.2 Å². The van der Waals surface area contributed by atoms with Gasteiger partial charge >= 0.3 is 6.01 Å². The third-order valence-corrected chi connectivity index (χ3v) is 2.79. The molecule has 1 aromatic carbocycles. The molecule has 102 valence electrons. The molecule has 2 aromatic rings. The van der Waals surface area contributed by atoms with Crippen LogP contribution in [0.2, 0.25) is 0 Å². The molecule has 0 bridgehead atoms. The Kier molecular flexibility index (Phi) is 4.78. The van der Waals surface area contributed by atoms with E-state index in [1.165, 1.54) is 5.56 Å². The summed E-state index contributed by atoms with van der Waals surface area (Å²) in [6.07, 6.45) is 3.74. The number of hydrogen-bond donors (Lipinski definition) is 2. The highest BCUT2D eigenvalue weighted by molar-refractivity contribution is 5.26. The second-order valence-corrected chi connectivity index (χ2v) is 4.45. The van der Waals surface area contributed by atoms with Crippen molar-refractivity contribution in [1.29, 1.82) is 0 Å². The van der Waals surface area contributed by atoms with Crippen molar-refractivity contribution in [2.24, 2.45) is 0 Å². The minimum absolute atomic E-state index is 0.302. The molecule has 0 spiro atoms. The summed E-state index contributed by atoms with van der Waals surface area (Å²) in [6, 6.07) is 7.77. The fourth-order valence-corrected chi connectivity index (χ4v) is 1.79. The Labute approximate surface area is 112 Å². The summed E-state index contributed by atoms with van der Waals surface area (Å²) in [5, 5.41) is 20.2. The van der Waals surface area contributed by atoms with Gasteiger partial charge in [0.2, 0.25) is 5.89 Å². The summed E-state index contributed by atoms with van der Waals surface area (Å²) < 4.78 is 5.43. The zero-order valence-electron chi connectivity index (χ0n) is 11.1. The van der Waals surface area contributed by atoms with Crippen molar-refractivity contribution in [3.05, 3.63) is 35.7 Å². The standard InChI is InChI=1S/C14H19N3O2/c1-2-4-13-16-17-14(19-13)15-10-3-5-11-6-8-12(18)9-7-11/h6-9,18H,2-5,10H2,1H3,(H,15,17). The van der Waals surface area contributed by atoms with E-state index in [9.17, 15) is 5.11 Å². The van der Waals surface area contributed by atoms with Crippen molar-refractivity contribution in [2.75, 3.05) is 11.9 Å². The van der Waals surface area contributed by atoms with E-state index in [2.05, 4.69) is 22.4 Å². The molecular weight excluding hydrogens is 242 g/mol. The molecule has 1 aromatic heterocycles. The number of aryl methyl sites for hydroxylation is 2. The van der Waals surface area contributed by atoms with E-state index in [0.717, 1.165) is 32.2 Å². The van der Waals surface area contributed by atoms with Gasteiger partial charge in [-0.2, -0.15) is 0 Å². The lowest BCUT2D eigenvalue weighted by Crippen LogP contribution is -2.03. The molecule has 2 N–H and O–H groups in total. The van der Waals surface area contributed by atoms with Gasteiger partial charge < -0.3 is 14.8 Å². The fraction of sp³-hybridized carbons (Fsp3) is 0.429. The maximum atomic E-state index is 9.18. The van der Waals surface area contributed by atoms with Gasteiger partial charge in [-0.05, 0) is 37.0 Å². The Hall–Kier alpha value is -2.04. The first-order chi connectivity index (χ1) is 9.28. The Bertz CT molecular complexity index is 494. The molecule has 0 fully saturated rings. The van der Waals surface area contributed by atoms with Crippen molar-refractivity contribution in [3.63, 3.8) is 0 Å². The minimum atomic E-state index is 0.302. The first-order valence-corrected chi connectivity index (χ1v) is 6.62. The van der Waals surface area contributed by atoms with E-state index < -0.39 is 0 Å². The first-order valence-electron chi connectivity index (χ1n) is 6.62. The second-order valence-electron chi connectivity index (χ2n) is 4.45. The van der Waals surface area contributed by atoms with Crippen LogP contribution < -0.4 is 5.32 Å². The SMILES string of the molecule is CCCc1nnc(NCCCc2ccc(O)cc2)o1. The number of phenolic OH excluding ortho intramolecular Hbond substituents is 1. The van der Waals surface area contributed by atoms with Crippen molar-refractivity contribution in [3.8, 4) is 5.75 Å². The molecule has 0 aliphatic heterocycles. The first kappa shape index (κ1) is 13.4. The molecule has 0 unspecified atom stereocenters. The van der Waals surface area contributed by atoms with E-state index in [1.54, 1.807) is 12.1 Å². The number of anilines is 1. The molecule has 0 saturated carbocycles. The summed E-state index contributed by atoms with van der Waals surface area (Å²) in [6.45, 7) is 2.86. The van der Waals surface area contributed by atoms with Crippen LogP contribution in [0.25, 0.3) is 0 Å². The van der Waals surface area contributed by atoms with Crippen molar-refractivity contribution >= 4 is 6.01 Å². The average Bonchev–Trinajstić information content (AvgIpc) is 2.85. The highest BCUT2D eigenvalue weighted by Gasteiger charge is 2.03. The zero-order valence-corrected chi connectivity index (χ0v) is 11.1. The van der Waals surface area contributed by atoms with Gasteiger partial charge in [0.05, 0.1) is 0 Å². The topological polar surface area (TPSA) is 71.2 Å². The van der Waals surface area contributed by atoms with Gasteiger partial charge in [0.1, 0.15) is 5.75 Å². The van der Waals surface area contributed by atoms with Crippen LogP contribution in [0.3, 0.4) is 0 Å². The Morgan fingerprint density at radius 2 is 1.95 bits per heavy atom. The molecular formula is C14H19N3O2. The van der Waals surface area contributed by atoms with E-state index in [0.29, 0.717) is 17.7 Å². The number of aromatic hydroxyl groups is 1. The maximum absolute atomic E-state index is 9.18. The van der Waals surface area contributed by atoms with Gasteiger partial charge in [0.15, 0.2) is 0 Å². The van der Waals surface area contributed by atoms with Gasteiger partial charge in [0, 0.05) is 13.0 Å². The Balaban J connectivity index is 1.69. The monoisotopic (exact) mass is 261 g/mol. The molecule has 0 aliphatic rings. The summed E-state index contributed by atoms with van der Waals surface area (Å²) in [7, 11) is 0. The van der Waals surface area contributed by atoms with Crippen LogP contribution in [-0.2, 0) is 12.8 Å². The molecule has 0 radical (unpaired) electrons. The molecule has 2 rings (SSSR count). The van der Waals surface area contributed by atoms with Gasteiger partial charge in [0.25, 0.3) is 0 Å². The molecule has 0 atom stereocenters. The number of rotatable bonds is 7. The van der Waals surface area contributed by atoms with Crippen LogP contribution in [0.15, 0.2) is 28.7 Å². The molecule has 0 aliphatic carbocycles. The predicted molar refractivity (Wildman–Crippen MR) is 73.2 cm³/mol. The van der Waals surface area contributed by atoms with E-state index in [-0.39, 0.29) is 0 Å². The third-order valence-electron chi connectivity index (χ3n) is 2.79. The van der Waals surface area contributed by atoms with E-state index in [4.69, 9.17) is 4.42 Å². The third kappa shape index (κ3) is 4.28. The molecule has 0 amide bonds. The summed E-state index contributed by atoms with van der Waals surface area (Å²) >= 11 is 0. The number of nitrogens with zero attached hydrogens (tertiary/aromatic N) is 2. The Morgan fingerprint density at radius 1 is 1.16 bits per heavy atom. The Morgan fingerprint density at radius 3 is 2.68 bits per heavy atom. The van der Waals surface area contributed by atoms with Crippen molar-refractivity contribution < 1.29 is 9.52 Å². The molecule has 0 saturated heterocycles.